The molecular weight excluding hydrogens is 198 g/mol. The third-order valence-electron chi connectivity index (χ3n) is 2.25. The van der Waals surface area contributed by atoms with Gasteiger partial charge in [0.25, 0.3) is 0 Å². The van der Waals surface area contributed by atoms with Crippen LogP contribution in [0.15, 0.2) is 30.9 Å². The molecule has 0 aliphatic carbocycles. The lowest BCUT2D eigenvalue weighted by atomic mass is 10.1. The molecule has 88 valence electrons. The van der Waals surface area contributed by atoms with Crippen LogP contribution >= 0.6 is 0 Å². The third kappa shape index (κ3) is 3.70. The Labute approximate surface area is 98.3 Å². The molecule has 0 unspecified atom stereocenters. The Morgan fingerprint density at radius 1 is 1.44 bits per heavy atom. The Kier molecular flexibility index (Phi) is 5.06. The molecule has 1 aromatic carbocycles. The molecule has 0 fully saturated rings. The smallest absolute Gasteiger partial charge is 0.127 e. The van der Waals surface area contributed by atoms with Gasteiger partial charge in [-0.15, -0.1) is 6.58 Å². The van der Waals surface area contributed by atoms with E-state index in [1.54, 1.807) is 0 Å². The molecule has 0 radical (unpaired) electrons. The molecule has 0 aliphatic rings. The van der Waals surface area contributed by atoms with E-state index in [-0.39, 0.29) is 6.10 Å². The molecular formula is C14H21NO. The summed E-state index contributed by atoms with van der Waals surface area (Å²) in [4.78, 5) is 0. The van der Waals surface area contributed by atoms with Gasteiger partial charge >= 0.3 is 0 Å². The van der Waals surface area contributed by atoms with Gasteiger partial charge in [-0.1, -0.05) is 24.3 Å². The lowest BCUT2D eigenvalue weighted by Gasteiger charge is -2.16. The maximum absolute atomic E-state index is 5.84. The number of hydrogen-bond donors (Lipinski definition) is 1. The highest BCUT2D eigenvalue weighted by atomic mass is 16.5. The zero-order valence-corrected chi connectivity index (χ0v) is 10.4. The van der Waals surface area contributed by atoms with E-state index in [1.807, 2.05) is 19.9 Å². The number of rotatable bonds is 6. The molecule has 0 aromatic heterocycles. The van der Waals surface area contributed by atoms with Gasteiger partial charge in [0.15, 0.2) is 0 Å². The van der Waals surface area contributed by atoms with Crippen LogP contribution in [0.25, 0.3) is 0 Å². The maximum atomic E-state index is 5.84. The van der Waals surface area contributed by atoms with Crippen LogP contribution in [-0.4, -0.2) is 12.6 Å². The molecule has 0 saturated heterocycles. The van der Waals surface area contributed by atoms with Crippen LogP contribution in [0, 0.1) is 6.92 Å². The van der Waals surface area contributed by atoms with E-state index in [0.717, 1.165) is 18.8 Å². The Bertz CT molecular complexity index is 345. The number of nitrogens with one attached hydrogen (secondary N) is 1. The van der Waals surface area contributed by atoms with Crippen molar-refractivity contribution >= 4 is 0 Å². The summed E-state index contributed by atoms with van der Waals surface area (Å²) in [5.41, 5.74) is 2.39. The minimum absolute atomic E-state index is 0.208. The second-order valence-electron chi connectivity index (χ2n) is 4.15. The van der Waals surface area contributed by atoms with Crippen LogP contribution in [0.4, 0.5) is 0 Å². The summed E-state index contributed by atoms with van der Waals surface area (Å²) >= 11 is 0. The molecule has 0 spiro atoms. The van der Waals surface area contributed by atoms with Crippen molar-refractivity contribution in [2.75, 3.05) is 6.54 Å². The molecule has 0 atom stereocenters. The van der Waals surface area contributed by atoms with Gasteiger partial charge in [0.1, 0.15) is 5.75 Å². The first kappa shape index (κ1) is 12.8. The van der Waals surface area contributed by atoms with Gasteiger partial charge in [-0.2, -0.15) is 0 Å². The van der Waals surface area contributed by atoms with Crippen LogP contribution < -0.4 is 10.1 Å². The molecule has 1 rings (SSSR count). The SMILES string of the molecule is C=CCNCc1cccc(C)c1OC(C)C. The largest absolute Gasteiger partial charge is 0.490 e. The van der Waals surface area contributed by atoms with Crippen LogP contribution in [0.5, 0.6) is 5.75 Å². The van der Waals surface area contributed by atoms with Gasteiger partial charge in [0, 0.05) is 18.7 Å². The van der Waals surface area contributed by atoms with Crippen molar-refractivity contribution in [3.8, 4) is 5.75 Å². The van der Waals surface area contributed by atoms with Crippen molar-refractivity contribution in [1.82, 2.24) is 5.32 Å². The molecule has 16 heavy (non-hydrogen) atoms. The summed E-state index contributed by atoms with van der Waals surface area (Å²) in [6.45, 7) is 11.5. The Balaban J connectivity index is 2.80. The van der Waals surface area contributed by atoms with Gasteiger partial charge in [0.2, 0.25) is 0 Å². The minimum atomic E-state index is 0.208. The van der Waals surface area contributed by atoms with Crippen LogP contribution in [-0.2, 0) is 6.54 Å². The highest BCUT2D eigenvalue weighted by molar-refractivity contribution is 5.40. The quantitative estimate of drug-likeness (QED) is 0.586. The summed E-state index contributed by atoms with van der Waals surface area (Å²) < 4.78 is 5.84. The Morgan fingerprint density at radius 3 is 2.81 bits per heavy atom. The average molecular weight is 219 g/mol. The van der Waals surface area contributed by atoms with E-state index in [4.69, 9.17) is 4.74 Å². The predicted molar refractivity (Wildman–Crippen MR) is 68.8 cm³/mol. The first-order chi connectivity index (χ1) is 7.65. The molecule has 0 aliphatic heterocycles. The molecule has 0 saturated carbocycles. The van der Waals surface area contributed by atoms with Gasteiger partial charge in [-0.3, -0.25) is 0 Å². The van der Waals surface area contributed by atoms with Gasteiger partial charge in [-0.25, -0.2) is 0 Å². The van der Waals surface area contributed by atoms with Crippen molar-refractivity contribution in [2.24, 2.45) is 0 Å². The van der Waals surface area contributed by atoms with Crippen molar-refractivity contribution in [2.45, 2.75) is 33.4 Å². The average Bonchev–Trinajstić information content (AvgIpc) is 2.23. The molecule has 1 aromatic rings. The fourth-order valence-corrected chi connectivity index (χ4v) is 1.57. The molecule has 0 amide bonds. The highest BCUT2D eigenvalue weighted by Gasteiger charge is 2.07. The van der Waals surface area contributed by atoms with Crippen molar-refractivity contribution in [3.63, 3.8) is 0 Å². The molecule has 1 N–H and O–H groups in total. The van der Waals surface area contributed by atoms with E-state index >= 15 is 0 Å². The fraction of sp³-hybridized carbons (Fsp3) is 0.429. The molecule has 0 bridgehead atoms. The Hall–Kier alpha value is -1.28. The van der Waals surface area contributed by atoms with E-state index in [0.29, 0.717) is 0 Å². The van der Waals surface area contributed by atoms with Gasteiger partial charge in [0.05, 0.1) is 6.10 Å². The lowest BCUT2D eigenvalue weighted by molar-refractivity contribution is 0.238. The standard InChI is InChI=1S/C14H21NO/c1-5-9-15-10-13-8-6-7-12(4)14(13)16-11(2)3/h5-8,11,15H,1,9-10H2,2-4H3. The zero-order chi connectivity index (χ0) is 12.0. The van der Waals surface area contributed by atoms with E-state index < -0.39 is 0 Å². The van der Waals surface area contributed by atoms with Crippen molar-refractivity contribution < 1.29 is 4.74 Å². The number of ether oxygens (including phenoxy) is 1. The van der Waals surface area contributed by atoms with Crippen LogP contribution in [0.1, 0.15) is 25.0 Å². The summed E-state index contributed by atoms with van der Waals surface area (Å²) in [5.74, 6) is 1.01. The molecule has 0 heterocycles. The third-order valence-corrected chi connectivity index (χ3v) is 2.25. The molecule has 2 nitrogen and oxygen atoms in total. The number of aryl methyl sites for hydroxylation is 1. The second kappa shape index (κ2) is 6.33. The van der Waals surface area contributed by atoms with Crippen molar-refractivity contribution in [3.05, 3.63) is 42.0 Å². The molecule has 2 heteroatoms. The normalized spacial score (nSPS) is 10.5. The lowest BCUT2D eigenvalue weighted by Crippen LogP contribution is -2.15. The number of benzene rings is 1. The predicted octanol–water partition coefficient (Wildman–Crippen LogP) is 3.06. The summed E-state index contributed by atoms with van der Waals surface area (Å²) in [6.07, 6.45) is 2.07. The fourth-order valence-electron chi connectivity index (χ4n) is 1.57. The number of para-hydroxylation sites is 1. The van der Waals surface area contributed by atoms with Gasteiger partial charge in [-0.05, 0) is 26.3 Å². The first-order valence-electron chi connectivity index (χ1n) is 5.72. The Morgan fingerprint density at radius 2 is 2.19 bits per heavy atom. The van der Waals surface area contributed by atoms with E-state index in [2.05, 4.69) is 37.0 Å². The second-order valence-corrected chi connectivity index (χ2v) is 4.15. The summed E-state index contributed by atoms with van der Waals surface area (Å²) in [7, 11) is 0. The van der Waals surface area contributed by atoms with E-state index in [1.165, 1.54) is 11.1 Å². The van der Waals surface area contributed by atoms with Crippen LogP contribution in [0.2, 0.25) is 0 Å². The highest BCUT2D eigenvalue weighted by Crippen LogP contribution is 2.24. The van der Waals surface area contributed by atoms with Gasteiger partial charge < -0.3 is 10.1 Å². The minimum Gasteiger partial charge on any atom is -0.490 e. The number of hydrogen-bond acceptors (Lipinski definition) is 2. The van der Waals surface area contributed by atoms with E-state index in [9.17, 15) is 0 Å². The maximum Gasteiger partial charge on any atom is 0.127 e. The first-order valence-corrected chi connectivity index (χ1v) is 5.72. The zero-order valence-electron chi connectivity index (χ0n) is 10.4. The summed E-state index contributed by atoms with van der Waals surface area (Å²) in [5, 5.41) is 3.29. The monoisotopic (exact) mass is 219 g/mol. The van der Waals surface area contributed by atoms with Crippen molar-refractivity contribution in [1.29, 1.82) is 0 Å². The topological polar surface area (TPSA) is 21.3 Å². The van der Waals surface area contributed by atoms with Crippen LogP contribution in [0.3, 0.4) is 0 Å². The summed E-state index contributed by atoms with van der Waals surface area (Å²) in [6, 6.07) is 6.24.